The van der Waals surface area contributed by atoms with Crippen LogP contribution in [0.25, 0.3) is 10.9 Å². The molecule has 1 aromatic carbocycles. The van der Waals surface area contributed by atoms with E-state index < -0.39 is 11.4 Å². The number of aromatic amines is 1. The Kier molecular flexibility index (Phi) is 5.90. The van der Waals surface area contributed by atoms with Crippen LogP contribution in [0.5, 0.6) is 5.88 Å². The van der Waals surface area contributed by atoms with E-state index in [1.165, 1.54) is 6.20 Å². The van der Waals surface area contributed by atoms with Crippen LogP contribution < -0.4 is 15.1 Å². The molecule has 0 amide bonds. The first kappa shape index (κ1) is 20.2. The van der Waals surface area contributed by atoms with Crippen LogP contribution in [0, 0.1) is 0 Å². The van der Waals surface area contributed by atoms with Gasteiger partial charge < -0.3 is 19.4 Å². The van der Waals surface area contributed by atoms with Gasteiger partial charge in [0.2, 0.25) is 11.3 Å². The minimum Gasteiger partial charge on any atom is -0.475 e. The number of hydrogen-bond acceptors (Lipinski definition) is 6. The molecule has 1 atom stereocenters. The summed E-state index contributed by atoms with van der Waals surface area (Å²) in [6.07, 6.45) is 5.08. The summed E-state index contributed by atoms with van der Waals surface area (Å²) in [6.45, 7) is 3.23. The van der Waals surface area contributed by atoms with Crippen LogP contribution >= 0.6 is 11.6 Å². The van der Waals surface area contributed by atoms with Gasteiger partial charge in [0.1, 0.15) is 12.2 Å². The number of benzene rings is 1. The topological polar surface area (TPSA) is 84.5 Å². The lowest BCUT2D eigenvalue weighted by atomic mass is 10.1. The summed E-state index contributed by atoms with van der Waals surface area (Å²) < 4.78 is 10.8. The number of carbonyl (C=O) groups excluding carboxylic acids is 1. The molecule has 0 saturated carbocycles. The average Bonchev–Trinajstić information content (AvgIpc) is 3.22. The third-order valence-corrected chi connectivity index (χ3v) is 5.49. The smallest absolute Gasteiger partial charge is 0.343 e. The molecule has 0 radical (unpaired) electrons. The molecule has 3 aromatic rings. The third kappa shape index (κ3) is 3.98. The molecule has 0 bridgehead atoms. The van der Waals surface area contributed by atoms with Gasteiger partial charge in [-0.1, -0.05) is 17.7 Å². The molecule has 1 fully saturated rings. The molecule has 1 saturated heterocycles. The number of ether oxygens (including phenoxy) is 2. The van der Waals surface area contributed by atoms with E-state index in [0.29, 0.717) is 28.4 Å². The molecular formula is C22H22ClN3O4. The van der Waals surface area contributed by atoms with Crippen molar-refractivity contribution >= 4 is 34.2 Å². The lowest BCUT2D eigenvalue weighted by molar-refractivity contribution is 0.0524. The van der Waals surface area contributed by atoms with E-state index in [0.717, 1.165) is 25.1 Å². The fourth-order valence-electron chi connectivity index (χ4n) is 3.75. The van der Waals surface area contributed by atoms with E-state index in [2.05, 4.69) is 14.9 Å². The van der Waals surface area contributed by atoms with Crippen LogP contribution in [0.3, 0.4) is 0 Å². The zero-order chi connectivity index (χ0) is 21.1. The number of carbonyl (C=O) groups is 1. The molecule has 4 rings (SSSR count). The summed E-state index contributed by atoms with van der Waals surface area (Å²) in [6, 6.07) is 9.17. The monoisotopic (exact) mass is 427 g/mol. The van der Waals surface area contributed by atoms with Gasteiger partial charge in [-0.2, -0.15) is 0 Å². The normalized spacial score (nSPS) is 16.1. The molecule has 2 aromatic heterocycles. The van der Waals surface area contributed by atoms with Crippen molar-refractivity contribution in [3.63, 3.8) is 0 Å². The number of H-pyrrole nitrogens is 1. The zero-order valence-electron chi connectivity index (χ0n) is 16.6. The molecule has 3 heterocycles. The number of rotatable bonds is 6. The van der Waals surface area contributed by atoms with Crippen molar-refractivity contribution in [2.75, 3.05) is 24.7 Å². The number of nitrogens with zero attached hydrogens (tertiary/aromatic N) is 2. The van der Waals surface area contributed by atoms with Crippen LogP contribution in [-0.2, 0) is 4.74 Å². The number of aromatic nitrogens is 2. The molecule has 0 unspecified atom stereocenters. The minimum atomic E-state index is -0.646. The first-order chi connectivity index (χ1) is 14.6. The van der Waals surface area contributed by atoms with Gasteiger partial charge in [0.25, 0.3) is 0 Å². The average molecular weight is 428 g/mol. The van der Waals surface area contributed by atoms with E-state index in [4.69, 9.17) is 21.1 Å². The van der Waals surface area contributed by atoms with Crippen molar-refractivity contribution in [3.05, 3.63) is 63.5 Å². The van der Waals surface area contributed by atoms with Gasteiger partial charge in [0.15, 0.2) is 0 Å². The Morgan fingerprint density at radius 3 is 3.00 bits per heavy atom. The minimum absolute atomic E-state index is 0.0315. The molecular weight excluding hydrogens is 406 g/mol. The highest BCUT2D eigenvalue weighted by Crippen LogP contribution is 2.34. The SMILES string of the molecule is CCOC(=O)c1c[nH]c2cc(N3CCC[C@@H]3COc3ccccn3)c(Cl)cc2c1=O. The lowest BCUT2D eigenvalue weighted by Crippen LogP contribution is -2.34. The molecule has 0 spiro atoms. The summed E-state index contributed by atoms with van der Waals surface area (Å²) in [4.78, 5) is 34.2. The number of nitrogens with one attached hydrogen (secondary N) is 1. The first-order valence-corrected chi connectivity index (χ1v) is 10.3. The van der Waals surface area contributed by atoms with E-state index in [1.807, 2.05) is 24.3 Å². The predicted octanol–water partition coefficient (Wildman–Crippen LogP) is 3.80. The Morgan fingerprint density at radius 1 is 1.37 bits per heavy atom. The van der Waals surface area contributed by atoms with Gasteiger partial charge in [0, 0.05) is 30.4 Å². The second-order valence-corrected chi connectivity index (χ2v) is 7.48. The summed E-state index contributed by atoms with van der Waals surface area (Å²) in [5.41, 5.74) is 1.02. The van der Waals surface area contributed by atoms with Gasteiger partial charge in [-0.05, 0) is 38.0 Å². The van der Waals surface area contributed by atoms with Crippen LogP contribution in [0.1, 0.15) is 30.1 Å². The second-order valence-electron chi connectivity index (χ2n) is 7.07. The maximum atomic E-state index is 12.7. The van der Waals surface area contributed by atoms with Gasteiger partial charge in [-0.3, -0.25) is 4.79 Å². The maximum absolute atomic E-state index is 12.7. The first-order valence-electron chi connectivity index (χ1n) is 9.91. The quantitative estimate of drug-likeness (QED) is 0.602. The number of fused-ring (bicyclic) bond motifs is 1. The summed E-state index contributed by atoms with van der Waals surface area (Å²) in [5.74, 6) is -0.0584. The van der Waals surface area contributed by atoms with Gasteiger partial charge in [-0.15, -0.1) is 0 Å². The molecule has 156 valence electrons. The zero-order valence-corrected chi connectivity index (χ0v) is 17.3. The molecule has 7 nitrogen and oxygen atoms in total. The van der Waals surface area contributed by atoms with E-state index in [1.54, 1.807) is 19.2 Å². The van der Waals surface area contributed by atoms with Gasteiger partial charge >= 0.3 is 5.97 Å². The van der Waals surface area contributed by atoms with Crippen molar-refractivity contribution in [3.8, 4) is 5.88 Å². The molecule has 1 aliphatic heterocycles. The molecule has 1 aliphatic rings. The predicted molar refractivity (Wildman–Crippen MR) is 116 cm³/mol. The fraction of sp³-hybridized carbons (Fsp3) is 0.318. The highest BCUT2D eigenvalue weighted by Gasteiger charge is 2.28. The number of pyridine rings is 2. The lowest BCUT2D eigenvalue weighted by Gasteiger charge is -2.27. The van der Waals surface area contributed by atoms with Gasteiger partial charge in [-0.25, -0.2) is 9.78 Å². The Labute approximate surface area is 178 Å². The van der Waals surface area contributed by atoms with Crippen molar-refractivity contribution < 1.29 is 14.3 Å². The highest BCUT2D eigenvalue weighted by atomic mass is 35.5. The summed E-state index contributed by atoms with van der Waals surface area (Å²) >= 11 is 6.57. The van der Waals surface area contributed by atoms with Gasteiger partial charge in [0.05, 0.1) is 28.9 Å². The second kappa shape index (κ2) is 8.75. The highest BCUT2D eigenvalue weighted by molar-refractivity contribution is 6.34. The Morgan fingerprint density at radius 2 is 2.23 bits per heavy atom. The third-order valence-electron chi connectivity index (χ3n) is 5.19. The molecule has 0 aliphatic carbocycles. The number of anilines is 1. The van der Waals surface area contributed by atoms with Crippen LogP contribution in [-0.4, -0.2) is 41.7 Å². The van der Waals surface area contributed by atoms with Crippen LogP contribution in [0.15, 0.2) is 47.5 Å². The van der Waals surface area contributed by atoms with Crippen LogP contribution in [0.2, 0.25) is 5.02 Å². The Bertz CT molecular complexity index is 1120. The standard InChI is InChI=1S/C22H22ClN3O4/c1-2-29-22(28)16-12-25-18-11-19(17(23)10-15(18)21(16)27)26-9-5-6-14(26)13-30-20-7-3-4-8-24-20/h3-4,7-8,10-12,14H,2,5-6,9,13H2,1H3,(H,25,27)/t14-/m1/s1. The number of halogens is 1. The van der Waals surface area contributed by atoms with Crippen LogP contribution in [0.4, 0.5) is 5.69 Å². The van der Waals surface area contributed by atoms with E-state index >= 15 is 0 Å². The van der Waals surface area contributed by atoms with Crippen molar-refractivity contribution in [1.29, 1.82) is 0 Å². The fourth-order valence-corrected chi connectivity index (χ4v) is 4.02. The largest absolute Gasteiger partial charge is 0.475 e. The summed E-state index contributed by atoms with van der Waals surface area (Å²) in [7, 11) is 0. The molecule has 8 heteroatoms. The van der Waals surface area contributed by atoms with Crippen molar-refractivity contribution in [2.45, 2.75) is 25.8 Å². The van der Waals surface area contributed by atoms with Crippen molar-refractivity contribution in [2.24, 2.45) is 0 Å². The Balaban J connectivity index is 1.62. The Hall–Kier alpha value is -3.06. The number of esters is 1. The van der Waals surface area contributed by atoms with Crippen molar-refractivity contribution in [1.82, 2.24) is 9.97 Å². The maximum Gasteiger partial charge on any atom is 0.343 e. The summed E-state index contributed by atoms with van der Waals surface area (Å²) in [5, 5.41) is 0.813. The van der Waals surface area contributed by atoms with E-state index in [9.17, 15) is 9.59 Å². The molecule has 1 N–H and O–H groups in total. The molecule has 30 heavy (non-hydrogen) atoms. The number of hydrogen-bond donors (Lipinski definition) is 1. The van der Waals surface area contributed by atoms with E-state index in [-0.39, 0.29) is 18.2 Å².